The van der Waals surface area contributed by atoms with Crippen LogP contribution in [0.4, 0.5) is 0 Å². The maximum atomic E-state index is 13.7. The Labute approximate surface area is 390 Å². The summed E-state index contributed by atoms with van der Waals surface area (Å²) in [6, 6.07) is 35.5. The number of carbonyl (C=O) groups excluding carboxylic acids is 1. The van der Waals surface area contributed by atoms with E-state index in [0.717, 1.165) is 54.0 Å². The minimum absolute atomic E-state index is 0.0882. The van der Waals surface area contributed by atoms with Gasteiger partial charge in [-0.1, -0.05) is 148 Å². The molecule has 1 aliphatic rings. The highest BCUT2D eigenvalue weighted by Gasteiger charge is 2.51. The van der Waals surface area contributed by atoms with Crippen LogP contribution in [-0.2, 0) is 34.2 Å². The van der Waals surface area contributed by atoms with Crippen molar-refractivity contribution in [3.63, 3.8) is 0 Å². The molecule has 64 heavy (non-hydrogen) atoms. The van der Waals surface area contributed by atoms with Gasteiger partial charge in [-0.25, -0.2) is 0 Å². The van der Waals surface area contributed by atoms with Crippen molar-refractivity contribution in [1.82, 2.24) is 0 Å². The van der Waals surface area contributed by atoms with Crippen molar-refractivity contribution < 1.29 is 37.4 Å². The number of rotatable bonds is 27. The predicted molar refractivity (Wildman–Crippen MR) is 270 cm³/mol. The summed E-state index contributed by atoms with van der Waals surface area (Å²) in [6.07, 6.45) is 0.798. The van der Waals surface area contributed by atoms with E-state index in [9.17, 15) is 9.90 Å². The molecule has 0 radical (unpaired) electrons. The molecule has 6 atom stereocenters. The first-order chi connectivity index (χ1) is 30.7. The quantitative estimate of drug-likeness (QED) is 0.0597. The number of aliphatic hydroxyl groups excluding tert-OH is 1. The highest BCUT2D eigenvalue weighted by molar-refractivity contribution is 6.99. The predicted octanol–water partition coefficient (Wildman–Crippen LogP) is 10.9. The third-order valence-electron chi connectivity index (χ3n) is 14.0. The first-order valence-corrected chi connectivity index (χ1v) is 31.3. The first kappa shape index (κ1) is 53.7. The summed E-state index contributed by atoms with van der Waals surface area (Å²) in [5.74, 6) is 6.89. The van der Waals surface area contributed by atoms with Gasteiger partial charge in [0.2, 0.25) is 0 Å². The molecular weight excluding hydrogens is 849 g/mol. The van der Waals surface area contributed by atoms with Crippen LogP contribution >= 0.6 is 0 Å². The van der Waals surface area contributed by atoms with Crippen molar-refractivity contribution in [3.8, 4) is 17.6 Å². The Morgan fingerprint density at radius 1 is 0.828 bits per heavy atom. The molecule has 1 fully saturated rings. The number of ether oxygens (including phenoxy) is 3. The smallest absolute Gasteiger partial charge is 0.261 e. The molecular formula is C53H82O8Si3. The van der Waals surface area contributed by atoms with Gasteiger partial charge in [0.1, 0.15) is 17.6 Å². The summed E-state index contributed by atoms with van der Waals surface area (Å²) in [4.78, 5) is 13.7. The zero-order valence-electron chi connectivity index (χ0n) is 41.3. The Bertz CT molecular complexity index is 1800. The SMILES string of the molecule is CC[Si](CC)(CC)O[C@H](COCc1ccc(OC)cc1)CC(O)C#CCCC(=O)[C@H](C)C[C@H]1O[C@@H](CO[Si](c2ccccc2)(c2ccccc2)C(C)(C)C)C[C@H]1O[Si](CC)(CC)CC. The van der Waals surface area contributed by atoms with Crippen molar-refractivity contribution in [2.75, 3.05) is 20.3 Å². The van der Waals surface area contributed by atoms with E-state index in [2.05, 4.69) is 135 Å². The van der Waals surface area contributed by atoms with Gasteiger partial charge in [0.15, 0.2) is 16.6 Å². The van der Waals surface area contributed by atoms with Crippen LogP contribution in [0.2, 0.25) is 41.3 Å². The van der Waals surface area contributed by atoms with Crippen molar-refractivity contribution in [1.29, 1.82) is 0 Å². The Morgan fingerprint density at radius 2 is 1.39 bits per heavy atom. The molecule has 11 heteroatoms. The van der Waals surface area contributed by atoms with Gasteiger partial charge in [-0.2, -0.15) is 0 Å². The standard InChI is InChI=1S/C53H82O8Si3/c1-12-62(13-2,14-3)60-47(40-57-39-43-32-34-45(56-11)35-33-43)37-44(54)26-24-25-31-50(55)42(7)36-51-52(61-63(15-4,16-5)17-6)38-46(59-51)41-58-64(53(8,9)10,48-27-20-18-21-28-48)49-29-22-19-23-30-49/h18-23,27-30,32-35,42,44,46-47,51-52,54H,12-17,25,31,36-41H2,1-11H3/t42-,44?,46-,47+,51-,52-/m1/s1. The fraction of sp³-hybridized carbons (Fsp3) is 0.604. The molecule has 3 aromatic rings. The van der Waals surface area contributed by atoms with Gasteiger partial charge in [-0.15, -0.1) is 5.92 Å². The van der Waals surface area contributed by atoms with Crippen LogP contribution in [0, 0.1) is 17.8 Å². The lowest BCUT2D eigenvalue weighted by Gasteiger charge is -2.43. The maximum Gasteiger partial charge on any atom is 0.261 e. The molecule has 1 aliphatic heterocycles. The minimum atomic E-state index is -2.76. The second-order valence-corrected chi connectivity index (χ2v) is 32.7. The third kappa shape index (κ3) is 14.5. The number of benzene rings is 3. The van der Waals surface area contributed by atoms with E-state index in [-0.39, 0.29) is 41.2 Å². The Kier molecular flexibility index (Phi) is 21.7. The molecule has 0 aromatic heterocycles. The first-order valence-electron chi connectivity index (χ1n) is 24.3. The van der Waals surface area contributed by atoms with Crippen LogP contribution in [0.3, 0.4) is 0 Å². The summed E-state index contributed by atoms with van der Waals surface area (Å²) >= 11 is 0. The molecule has 354 valence electrons. The molecule has 3 aromatic carbocycles. The number of hydrogen-bond acceptors (Lipinski definition) is 8. The third-order valence-corrected chi connectivity index (χ3v) is 28.4. The zero-order chi connectivity index (χ0) is 46.8. The number of carbonyl (C=O) groups is 1. The van der Waals surface area contributed by atoms with Crippen LogP contribution < -0.4 is 15.1 Å². The van der Waals surface area contributed by atoms with Gasteiger partial charge in [0, 0.05) is 31.6 Å². The largest absolute Gasteiger partial charge is 0.497 e. The minimum Gasteiger partial charge on any atom is -0.497 e. The van der Waals surface area contributed by atoms with Gasteiger partial charge in [-0.05, 0) is 75.8 Å². The molecule has 0 bridgehead atoms. The molecule has 1 heterocycles. The molecule has 0 amide bonds. The molecule has 8 nitrogen and oxygen atoms in total. The van der Waals surface area contributed by atoms with Gasteiger partial charge in [-0.3, -0.25) is 4.79 Å². The zero-order valence-corrected chi connectivity index (χ0v) is 44.3. The lowest BCUT2D eigenvalue weighted by Crippen LogP contribution is -2.67. The van der Waals surface area contributed by atoms with Gasteiger partial charge < -0.3 is 32.6 Å². The Morgan fingerprint density at radius 3 is 1.91 bits per heavy atom. The highest BCUT2D eigenvalue weighted by Crippen LogP contribution is 2.39. The average molecular weight is 931 g/mol. The fourth-order valence-corrected chi connectivity index (χ4v) is 19.8. The lowest BCUT2D eigenvalue weighted by atomic mass is 9.94. The second kappa shape index (κ2) is 25.9. The van der Waals surface area contributed by atoms with Gasteiger partial charge in [0.05, 0.1) is 51.3 Å². The van der Waals surface area contributed by atoms with Crippen LogP contribution in [-0.4, -0.2) is 86.7 Å². The molecule has 0 saturated carbocycles. The van der Waals surface area contributed by atoms with Gasteiger partial charge in [0.25, 0.3) is 8.32 Å². The topological polar surface area (TPSA) is 92.7 Å². The normalized spacial score (nSPS) is 18.5. The van der Waals surface area contributed by atoms with E-state index in [1.165, 1.54) is 10.4 Å². The van der Waals surface area contributed by atoms with Crippen molar-refractivity contribution in [3.05, 3.63) is 90.5 Å². The summed E-state index contributed by atoms with van der Waals surface area (Å²) in [5.41, 5.74) is 1.05. The van der Waals surface area contributed by atoms with E-state index in [0.29, 0.717) is 45.5 Å². The number of ketones is 1. The van der Waals surface area contributed by atoms with Crippen molar-refractivity contribution in [2.45, 2.75) is 180 Å². The monoisotopic (exact) mass is 931 g/mol. The van der Waals surface area contributed by atoms with Gasteiger partial charge >= 0.3 is 0 Å². The van der Waals surface area contributed by atoms with E-state index < -0.39 is 31.1 Å². The molecule has 4 rings (SSSR count). The molecule has 1 saturated heterocycles. The summed E-state index contributed by atoms with van der Waals surface area (Å²) in [6.45, 7) is 23.6. The Hall–Kier alpha value is -2.90. The van der Waals surface area contributed by atoms with Crippen molar-refractivity contribution >= 4 is 41.1 Å². The van der Waals surface area contributed by atoms with Crippen LogP contribution in [0.15, 0.2) is 84.9 Å². The second-order valence-electron chi connectivity index (χ2n) is 18.9. The molecule has 1 unspecified atom stereocenters. The maximum absolute atomic E-state index is 13.7. The highest BCUT2D eigenvalue weighted by atomic mass is 28.4. The van der Waals surface area contributed by atoms with E-state index in [1.54, 1.807) is 7.11 Å². The van der Waals surface area contributed by atoms with Crippen LogP contribution in [0.5, 0.6) is 5.75 Å². The van der Waals surface area contributed by atoms with Crippen LogP contribution in [0.25, 0.3) is 0 Å². The molecule has 0 spiro atoms. The van der Waals surface area contributed by atoms with Crippen molar-refractivity contribution in [2.24, 2.45) is 5.92 Å². The van der Waals surface area contributed by atoms with E-state index in [4.69, 9.17) is 27.5 Å². The van der Waals surface area contributed by atoms with E-state index >= 15 is 0 Å². The Balaban J connectivity index is 1.42. The van der Waals surface area contributed by atoms with E-state index in [1.807, 2.05) is 31.2 Å². The summed E-state index contributed by atoms with van der Waals surface area (Å²) in [7, 11) is -5.06. The number of methoxy groups -OCH3 is 1. The van der Waals surface area contributed by atoms with Crippen LogP contribution in [0.1, 0.15) is 107 Å². The summed E-state index contributed by atoms with van der Waals surface area (Å²) in [5, 5.41) is 13.5. The summed E-state index contributed by atoms with van der Waals surface area (Å²) < 4.78 is 39.7. The molecule has 0 aliphatic carbocycles. The molecule has 1 N–H and O–H groups in total. The number of aliphatic hydroxyl groups is 1. The number of hydrogen-bond donors (Lipinski definition) is 1. The lowest BCUT2D eigenvalue weighted by molar-refractivity contribution is -0.124. The number of Topliss-reactive ketones (excluding diaryl/α,β-unsaturated/α-hetero) is 1. The fourth-order valence-electron chi connectivity index (χ4n) is 9.48. The average Bonchev–Trinajstić information content (AvgIpc) is 3.69.